The molecule has 1 aromatic carbocycles. The van der Waals surface area contributed by atoms with Crippen LogP contribution < -0.4 is 14.8 Å². The van der Waals surface area contributed by atoms with Crippen LogP contribution in [-0.2, 0) is 4.79 Å². The molecule has 0 spiro atoms. The number of carboxylic acids is 1. The highest BCUT2D eigenvalue weighted by Gasteiger charge is 2.42. The molecule has 0 saturated heterocycles. The zero-order valence-corrected chi connectivity index (χ0v) is 15.1. The Labute approximate surface area is 148 Å². The van der Waals surface area contributed by atoms with Crippen LogP contribution in [-0.4, -0.2) is 35.7 Å². The number of amides is 1. The molecule has 25 heavy (non-hydrogen) atoms. The van der Waals surface area contributed by atoms with Crippen LogP contribution in [0.3, 0.4) is 0 Å². The van der Waals surface area contributed by atoms with Crippen LogP contribution in [0, 0.1) is 5.92 Å². The van der Waals surface area contributed by atoms with Gasteiger partial charge < -0.3 is 19.9 Å². The SMILES string of the molecule is CCOc1ccc(C(=O)NC2(C)CCCCC2C(=O)O)cc1OCC. The molecule has 0 radical (unpaired) electrons. The molecule has 1 aliphatic rings. The summed E-state index contributed by atoms with van der Waals surface area (Å²) in [5.41, 5.74) is -0.311. The lowest BCUT2D eigenvalue weighted by atomic mass is 9.73. The first-order valence-electron chi connectivity index (χ1n) is 8.86. The molecule has 6 nitrogen and oxygen atoms in total. The zero-order chi connectivity index (χ0) is 18.4. The number of carbonyl (C=O) groups excluding carboxylic acids is 1. The number of nitrogens with one attached hydrogen (secondary N) is 1. The summed E-state index contributed by atoms with van der Waals surface area (Å²) < 4.78 is 11.1. The lowest BCUT2D eigenvalue weighted by Gasteiger charge is -2.39. The van der Waals surface area contributed by atoms with Crippen molar-refractivity contribution in [1.29, 1.82) is 0 Å². The van der Waals surface area contributed by atoms with Gasteiger partial charge in [-0.3, -0.25) is 9.59 Å². The minimum absolute atomic E-state index is 0.292. The fourth-order valence-corrected chi connectivity index (χ4v) is 3.40. The van der Waals surface area contributed by atoms with Crippen molar-refractivity contribution in [1.82, 2.24) is 5.32 Å². The molecule has 138 valence electrons. The summed E-state index contributed by atoms with van der Waals surface area (Å²) in [7, 11) is 0. The normalized spacial score (nSPS) is 22.9. The quantitative estimate of drug-likeness (QED) is 0.789. The van der Waals surface area contributed by atoms with E-state index in [0.717, 1.165) is 12.8 Å². The van der Waals surface area contributed by atoms with Gasteiger partial charge in [0.05, 0.1) is 24.7 Å². The molecule has 2 N–H and O–H groups in total. The fraction of sp³-hybridized carbons (Fsp3) is 0.579. The highest BCUT2D eigenvalue weighted by atomic mass is 16.5. The van der Waals surface area contributed by atoms with E-state index in [1.165, 1.54) is 0 Å². The first-order chi connectivity index (χ1) is 11.9. The van der Waals surface area contributed by atoms with Crippen LogP contribution in [0.5, 0.6) is 11.5 Å². The number of carboxylic acid groups (broad SMARTS) is 1. The van der Waals surface area contributed by atoms with Gasteiger partial charge in [0.1, 0.15) is 0 Å². The second-order valence-electron chi connectivity index (χ2n) is 6.54. The van der Waals surface area contributed by atoms with E-state index in [-0.39, 0.29) is 5.91 Å². The van der Waals surface area contributed by atoms with Crippen molar-refractivity contribution in [3.05, 3.63) is 23.8 Å². The van der Waals surface area contributed by atoms with Crippen molar-refractivity contribution in [3.63, 3.8) is 0 Å². The lowest BCUT2D eigenvalue weighted by molar-refractivity contribution is -0.145. The molecule has 2 rings (SSSR count). The van der Waals surface area contributed by atoms with E-state index in [1.807, 2.05) is 20.8 Å². The number of rotatable bonds is 7. The maximum atomic E-state index is 12.7. The fourth-order valence-electron chi connectivity index (χ4n) is 3.40. The van der Waals surface area contributed by atoms with Gasteiger partial charge >= 0.3 is 5.97 Å². The molecule has 1 aliphatic carbocycles. The standard InChI is InChI=1S/C19H27NO5/c1-4-24-15-10-9-13(12-16(15)25-5-2)17(21)20-19(3)11-7-6-8-14(19)18(22)23/h9-10,12,14H,4-8,11H2,1-3H3,(H,20,21)(H,22,23). The van der Waals surface area contributed by atoms with Crippen LogP contribution in [0.25, 0.3) is 0 Å². The molecule has 2 atom stereocenters. The van der Waals surface area contributed by atoms with E-state index in [0.29, 0.717) is 43.1 Å². The predicted octanol–water partition coefficient (Wildman–Crippen LogP) is 3.25. The molecule has 2 unspecified atom stereocenters. The van der Waals surface area contributed by atoms with Crippen molar-refractivity contribution in [3.8, 4) is 11.5 Å². The van der Waals surface area contributed by atoms with Crippen LogP contribution in [0.1, 0.15) is 56.8 Å². The highest BCUT2D eigenvalue weighted by molar-refractivity contribution is 5.95. The van der Waals surface area contributed by atoms with Gasteiger partial charge in [0, 0.05) is 5.56 Å². The Balaban J connectivity index is 2.21. The van der Waals surface area contributed by atoms with E-state index in [1.54, 1.807) is 18.2 Å². The smallest absolute Gasteiger partial charge is 0.308 e. The van der Waals surface area contributed by atoms with E-state index in [2.05, 4.69) is 5.32 Å². The van der Waals surface area contributed by atoms with Gasteiger partial charge in [0.2, 0.25) is 0 Å². The van der Waals surface area contributed by atoms with Gasteiger partial charge in [-0.15, -0.1) is 0 Å². The van der Waals surface area contributed by atoms with Crippen molar-refractivity contribution < 1.29 is 24.2 Å². The molecule has 0 heterocycles. The number of hydrogen-bond donors (Lipinski definition) is 2. The van der Waals surface area contributed by atoms with Crippen molar-refractivity contribution in [2.75, 3.05) is 13.2 Å². The number of ether oxygens (including phenoxy) is 2. The van der Waals surface area contributed by atoms with Crippen molar-refractivity contribution in [2.24, 2.45) is 5.92 Å². The van der Waals surface area contributed by atoms with Crippen LogP contribution in [0.2, 0.25) is 0 Å². The van der Waals surface area contributed by atoms with E-state index in [4.69, 9.17) is 9.47 Å². The molecule has 0 bridgehead atoms. The Morgan fingerprint density at radius 3 is 2.52 bits per heavy atom. The second kappa shape index (κ2) is 8.23. The Hall–Kier alpha value is -2.24. The third-order valence-electron chi connectivity index (χ3n) is 4.71. The summed E-state index contributed by atoms with van der Waals surface area (Å²) >= 11 is 0. The Kier molecular flexibility index (Phi) is 6.28. The van der Waals surface area contributed by atoms with E-state index in [9.17, 15) is 14.7 Å². The summed E-state index contributed by atoms with van der Waals surface area (Å²) in [5, 5.41) is 12.4. The average Bonchev–Trinajstić information content (AvgIpc) is 2.56. The maximum Gasteiger partial charge on any atom is 0.308 e. The summed E-state index contributed by atoms with van der Waals surface area (Å²) in [6.45, 7) is 6.53. The van der Waals surface area contributed by atoms with Crippen LogP contribution in [0.4, 0.5) is 0 Å². The molecule has 1 fully saturated rings. The third kappa shape index (κ3) is 4.44. The molecular weight excluding hydrogens is 322 g/mol. The number of hydrogen-bond acceptors (Lipinski definition) is 4. The van der Waals surface area contributed by atoms with Gasteiger partial charge in [0.15, 0.2) is 11.5 Å². The van der Waals surface area contributed by atoms with Gasteiger partial charge in [-0.1, -0.05) is 12.8 Å². The number of benzene rings is 1. The molecule has 1 amide bonds. The van der Waals surface area contributed by atoms with Gasteiger partial charge in [-0.25, -0.2) is 0 Å². The summed E-state index contributed by atoms with van der Waals surface area (Å²) in [4.78, 5) is 24.3. The Morgan fingerprint density at radius 2 is 1.88 bits per heavy atom. The Morgan fingerprint density at radius 1 is 1.20 bits per heavy atom. The van der Waals surface area contributed by atoms with E-state index >= 15 is 0 Å². The zero-order valence-electron chi connectivity index (χ0n) is 15.1. The summed E-state index contributed by atoms with van der Waals surface area (Å²) in [6, 6.07) is 5.03. The molecule has 0 aliphatic heterocycles. The topological polar surface area (TPSA) is 84.9 Å². The van der Waals surface area contributed by atoms with Crippen molar-refractivity contribution in [2.45, 2.75) is 52.0 Å². The monoisotopic (exact) mass is 349 g/mol. The molecule has 1 aromatic rings. The molecule has 1 saturated carbocycles. The largest absolute Gasteiger partial charge is 0.490 e. The molecule has 0 aromatic heterocycles. The van der Waals surface area contributed by atoms with Crippen molar-refractivity contribution >= 4 is 11.9 Å². The minimum atomic E-state index is -0.857. The lowest BCUT2D eigenvalue weighted by Crippen LogP contribution is -2.55. The Bertz CT molecular complexity index is 630. The van der Waals surface area contributed by atoms with Gasteiger partial charge in [-0.05, 0) is 51.8 Å². The highest BCUT2D eigenvalue weighted by Crippen LogP contribution is 2.35. The van der Waals surface area contributed by atoms with Crippen LogP contribution in [0.15, 0.2) is 18.2 Å². The van der Waals surface area contributed by atoms with E-state index < -0.39 is 17.4 Å². The molecule has 6 heteroatoms. The predicted molar refractivity (Wildman–Crippen MR) is 94.2 cm³/mol. The summed E-state index contributed by atoms with van der Waals surface area (Å²) in [6.07, 6.45) is 3.03. The maximum absolute atomic E-state index is 12.7. The number of carbonyl (C=O) groups is 2. The molecular formula is C19H27NO5. The van der Waals surface area contributed by atoms with Gasteiger partial charge in [-0.2, -0.15) is 0 Å². The minimum Gasteiger partial charge on any atom is -0.490 e. The number of aliphatic carboxylic acids is 1. The summed E-state index contributed by atoms with van der Waals surface area (Å²) in [5.74, 6) is -0.614. The first-order valence-corrected chi connectivity index (χ1v) is 8.86. The van der Waals surface area contributed by atoms with Gasteiger partial charge in [0.25, 0.3) is 5.91 Å². The third-order valence-corrected chi connectivity index (χ3v) is 4.71. The average molecular weight is 349 g/mol. The van der Waals surface area contributed by atoms with Crippen LogP contribution >= 0.6 is 0 Å². The first kappa shape index (κ1) is 19.1. The second-order valence-corrected chi connectivity index (χ2v) is 6.54.